The maximum Gasteiger partial charge on any atom is 0.315 e. The third-order valence-corrected chi connectivity index (χ3v) is 7.41. The lowest BCUT2D eigenvalue weighted by Crippen LogP contribution is -2.56. The number of carbonyl (C=O) groups excluding carboxylic acids is 2. The Morgan fingerprint density at radius 1 is 1.30 bits per heavy atom. The van der Waals surface area contributed by atoms with Crippen molar-refractivity contribution >= 4 is 23.4 Å². The Hall–Kier alpha value is -1.89. The van der Waals surface area contributed by atoms with Crippen molar-refractivity contribution in [1.82, 2.24) is 0 Å². The average molecular weight is 435 g/mol. The molecule has 0 aromatic carbocycles. The van der Waals surface area contributed by atoms with E-state index in [0.29, 0.717) is 22.8 Å². The lowest BCUT2D eigenvalue weighted by molar-refractivity contribution is -0.286. The molecule has 2 saturated heterocycles. The highest BCUT2D eigenvalue weighted by Crippen LogP contribution is 2.60. The monoisotopic (exact) mass is 434 g/mol. The lowest BCUT2D eigenvalue weighted by atomic mass is 9.65. The van der Waals surface area contributed by atoms with E-state index in [1.54, 1.807) is 26.8 Å². The van der Waals surface area contributed by atoms with Gasteiger partial charge in [-0.3, -0.25) is 9.59 Å². The average Bonchev–Trinajstić information content (AvgIpc) is 2.98. The molecular weight excluding hydrogens is 408 g/mol. The minimum absolute atomic E-state index is 0.00839. The highest BCUT2D eigenvalue weighted by Gasteiger charge is 2.72. The maximum absolute atomic E-state index is 13.3. The Labute approximate surface area is 181 Å². The number of ether oxygens (including phenoxy) is 3. The van der Waals surface area contributed by atoms with Crippen molar-refractivity contribution in [1.29, 1.82) is 0 Å². The molecule has 0 amide bonds. The smallest absolute Gasteiger partial charge is 0.315 e. The molecule has 3 heterocycles. The van der Waals surface area contributed by atoms with Crippen LogP contribution in [0.4, 0.5) is 0 Å². The number of ketones is 1. The van der Waals surface area contributed by atoms with Gasteiger partial charge in [0.15, 0.2) is 5.79 Å². The van der Waals surface area contributed by atoms with Crippen molar-refractivity contribution in [3.63, 3.8) is 0 Å². The summed E-state index contributed by atoms with van der Waals surface area (Å²) in [5.74, 6) is -4.31. The molecule has 30 heavy (non-hydrogen) atoms. The number of hydrogen-bond acceptors (Lipinski definition) is 6. The van der Waals surface area contributed by atoms with Crippen molar-refractivity contribution < 1.29 is 28.9 Å². The second-order valence-corrected chi connectivity index (χ2v) is 9.26. The molecule has 0 saturated carbocycles. The van der Waals surface area contributed by atoms with Gasteiger partial charge >= 0.3 is 5.97 Å². The third-order valence-electron chi connectivity index (χ3n) is 7.03. The topological polar surface area (TPSA) is 82.1 Å². The summed E-state index contributed by atoms with van der Waals surface area (Å²) in [5, 5.41) is 11.4. The zero-order chi connectivity index (χ0) is 22.0. The van der Waals surface area contributed by atoms with Gasteiger partial charge in [-0.1, -0.05) is 44.9 Å². The molecule has 0 aromatic rings. The van der Waals surface area contributed by atoms with Crippen LogP contribution in [0.5, 0.6) is 0 Å². The summed E-state index contributed by atoms with van der Waals surface area (Å²) in [6.07, 6.45) is 7.52. The van der Waals surface area contributed by atoms with Gasteiger partial charge in [0.05, 0.1) is 11.3 Å². The van der Waals surface area contributed by atoms with E-state index >= 15 is 0 Å². The first-order valence-corrected chi connectivity index (χ1v) is 10.8. The van der Waals surface area contributed by atoms with Crippen LogP contribution in [0.2, 0.25) is 0 Å². The second-order valence-electron chi connectivity index (χ2n) is 8.89. The van der Waals surface area contributed by atoms with E-state index < -0.39 is 47.0 Å². The van der Waals surface area contributed by atoms with Crippen molar-refractivity contribution in [2.24, 2.45) is 23.7 Å². The molecule has 0 spiro atoms. The third kappa shape index (κ3) is 2.84. The molecule has 4 aliphatic rings. The van der Waals surface area contributed by atoms with Crippen molar-refractivity contribution in [3.05, 3.63) is 46.4 Å². The molecule has 0 bridgehead atoms. The zero-order valence-corrected chi connectivity index (χ0v) is 18.5. The van der Waals surface area contributed by atoms with E-state index in [1.807, 2.05) is 12.2 Å². The second kappa shape index (κ2) is 7.08. The SMILES string of the molecule is CC[C@H](C)/C=C/C1=CC2=C(Cl)C(=O)[C@@]3(C)O[C@@]4(O)[C@H](C(=O)O[C@@H](C)[C@@H]4C)[C@H]3C2=CO1. The van der Waals surface area contributed by atoms with E-state index in [9.17, 15) is 14.7 Å². The lowest BCUT2D eigenvalue weighted by Gasteiger charge is -2.42. The van der Waals surface area contributed by atoms with Gasteiger partial charge in [-0.15, -0.1) is 0 Å². The number of rotatable bonds is 3. The van der Waals surface area contributed by atoms with E-state index in [0.717, 1.165) is 6.42 Å². The molecule has 2 fully saturated rings. The van der Waals surface area contributed by atoms with E-state index in [1.165, 1.54) is 6.26 Å². The number of Topliss-reactive ketones (excluding diaryl/α,β-unsaturated/α-hetero) is 1. The quantitative estimate of drug-likeness (QED) is 0.681. The van der Waals surface area contributed by atoms with E-state index in [-0.39, 0.29) is 5.03 Å². The zero-order valence-electron chi connectivity index (χ0n) is 17.8. The van der Waals surface area contributed by atoms with Crippen LogP contribution in [0, 0.1) is 23.7 Å². The van der Waals surface area contributed by atoms with Crippen LogP contribution in [-0.2, 0) is 23.8 Å². The fraction of sp³-hybridized carbons (Fsp3) is 0.565. The molecule has 1 aliphatic carbocycles. The number of fused-ring (bicyclic) bond motifs is 5. The molecule has 4 rings (SSSR count). The van der Waals surface area contributed by atoms with Gasteiger partial charge in [0.1, 0.15) is 23.4 Å². The summed E-state index contributed by atoms with van der Waals surface area (Å²) in [7, 11) is 0. The Balaban J connectivity index is 1.79. The van der Waals surface area contributed by atoms with Gasteiger partial charge in [0.2, 0.25) is 5.78 Å². The number of cyclic esters (lactones) is 1. The number of aliphatic hydroxyl groups is 1. The van der Waals surface area contributed by atoms with E-state index in [2.05, 4.69) is 13.8 Å². The first-order valence-electron chi connectivity index (χ1n) is 10.4. The van der Waals surface area contributed by atoms with Gasteiger partial charge in [-0.05, 0) is 31.9 Å². The minimum Gasteiger partial charge on any atom is -0.465 e. The van der Waals surface area contributed by atoms with Gasteiger partial charge in [0.25, 0.3) is 0 Å². The Morgan fingerprint density at radius 3 is 2.67 bits per heavy atom. The fourth-order valence-electron chi connectivity index (χ4n) is 4.77. The fourth-order valence-corrected chi connectivity index (χ4v) is 5.12. The normalized spacial score (nSPS) is 41.4. The minimum atomic E-state index is -1.84. The van der Waals surface area contributed by atoms with Crippen LogP contribution in [0.3, 0.4) is 0 Å². The van der Waals surface area contributed by atoms with Gasteiger partial charge in [-0.2, -0.15) is 0 Å². The van der Waals surface area contributed by atoms with E-state index in [4.69, 9.17) is 25.8 Å². The van der Waals surface area contributed by atoms with Crippen molar-refractivity contribution in [2.45, 2.75) is 58.5 Å². The van der Waals surface area contributed by atoms with Gasteiger partial charge in [0, 0.05) is 23.0 Å². The number of allylic oxidation sites excluding steroid dienone is 4. The number of hydrogen-bond donors (Lipinski definition) is 1. The van der Waals surface area contributed by atoms with Crippen LogP contribution in [0.1, 0.15) is 41.0 Å². The van der Waals surface area contributed by atoms with Crippen molar-refractivity contribution in [2.75, 3.05) is 0 Å². The summed E-state index contributed by atoms with van der Waals surface area (Å²) in [6, 6.07) is 0. The van der Waals surface area contributed by atoms with Crippen LogP contribution >= 0.6 is 11.6 Å². The van der Waals surface area contributed by atoms with Crippen LogP contribution < -0.4 is 0 Å². The molecule has 7 atom stereocenters. The maximum atomic E-state index is 13.3. The number of halogens is 1. The predicted octanol–water partition coefficient (Wildman–Crippen LogP) is 3.75. The molecule has 0 unspecified atom stereocenters. The Morgan fingerprint density at radius 2 is 2.00 bits per heavy atom. The van der Waals surface area contributed by atoms with Crippen molar-refractivity contribution in [3.8, 4) is 0 Å². The van der Waals surface area contributed by atoms with Crippen LogP contribution in [0.15, 0.2) is 46.4 Å². The summed E-state index contributed by atoms with van der Waals surface area (Å²) >= 11 is 6.48. The molecule has 6 nitrogen and oxygen atoms in total. The summed E-state index contributed by atoms with van der Waals surface area (Å²) in [5.41, 5.74) is -0.446. The van der Waals surface area contributed by atoms with Gasteiger partial charge < -0.3 is 19.3 Å². The molecule has 7 heteroatoms. The summed E-state index contributed by atoms with van der Waals surface area (Å²) in [4.78, 5) is 26.1. The first-order chi connectivity index (χ1) is 14.0. The molecular formula is C23H27ClO6. The molecule has 3 aliphatic heterocycles. The molecule has 0 aromatic heterocycles. The summed E-state index contributed by atoms with van der Waals surface area (Å²) in [6.45, 7) is 9.20. The van der Waals surface area contributed by atoms with Crippen LogP contribution in [-0.4, -0.2) is 34.4 Å². The first kappa shape index (κ1) is 21.3. The Kier molecular flexibility index (Phi) is 5.03. The Bertz CT molecular complexity index is 930. The largest absolute Gasteiger partial charge is 0.465 e. The van der Waals surface area contributed by atoms with Crippen LogP contribution in [0.25, 0.3) is 0 Å². The predicted molar refractivity (Wildman–Crippen MR) is 110 cm³/mol. The molecule has 162 valence electrons. The number of esters is 1. The highest BCUT2D eigenvalue weighted by atomic mass is 35.5. The molecule has 0 radical (unpaired) electrons. The molecule has 1 N–H and O–H groups in total. The highest BCUT2D eigenvalue weighted by molar-refractivity contribution is 6.45. The summed E-state index contributed by atoms with van der Waals surface area (Å²) < 4.78 is 17.3. The van der Waals surface area contributed by atoms with Gasteiger partial charge in [-0.25, -0.2) is 0 Å². The standard InChI is InChI=1S/C23H27ClO6/c1-6-11(2)7-8-14-9-15-16(10-28-14)17-18-21(26)29-13(4)12(3)23(18,27)30-22(17,5)20(25)19(15)24/h7-13,17-18,27H,6H2,1-5H3/b8-7+/t11-,12-,13-,17+,18-,22-,23+/m0/s1. The number of carbonyl (C=O) groups is 2.